The lowest BCUT2D eigenvalue weighted by Crippen LogP contribution is -2.10. The van der Waals surface area contributed by atoms with Crippen LogP contribution in [0.2, 0.25) is 0 Å². The summed E-state index contributed by atoms with van der Waals surface area (Å²) in [4.78, 5) is 10.7. The zero-order valence-corrected chi connectivity index (χ0v) is 8.72. The zero-order chi connectivity index (χ0) is 11.4. The summed E-state index contributed by atoms with van der Waals surface area (Å²) >= 11 is 5.54. The molecule has 5 heteroatoms. The zero-order valence-electron chi connectivity index (χ0n) is 7.97. The highest BCUT2D eigenvalue weighted by Gasteiger charge is 2.15. The van der Waals surface area contributed by atoms with Gasteiger partial charge < -0.3 is 4.74 Å². The Balaban J connectivity index is 2.92. The van der Waals surface area contributed by atoms with E-state index >= 15 is 0 Å². The fourth-order valence-corrected chi connectivity index (χ4v) is 1.34. The van der Waals surface area contributed by atoms with Crippen molar-refractivity contribution < 1.29 is 18.3 Å². The number of alkyl halides is 1. The van der Waals surface area contributed by atoms with Crippen LogP contribution < -0.4 is 0 Å². The molecule has 0 N–H and O–H groups in total. The van der Waals surface area contributed by atoms with Crippen LogP contribution in [0.3, 0.4) is 0 Å². The Morgan fingerprint density at radius 3 is 2.60 bits per heavy atom. The summed E-state index contributed by atoms with van der Waals surface area (Å²) in [6, 6.07) is 3.26. The van der Waals surface area contributed by atoms with Crippen molar-refractivity contribution in [3.05, 3.63) is 35.4 Å². The molecule has 0 radical (unpaired) electrons. The molecule has 0 saturated heterocycles. The molecule has 0 fully saturated rings. The summed E-state index contributed by atoms with van der Waals surface area (Å²) in [6.45, 7) is 1.22. The van der Waals surface area contributed by atoms with Gasteiger partial charge in [-0.15, -0.1) is 11.6 Å². The van der Waals surface area contributed by atoms with E-state index in [2.05, 4.69) is 0 Å². The van der Waals surface area contributed by atoms with E-state index in [1.165, 1.54) is 13.0 Å². The standard InChI is InChI=1S/C10H9ClF2O2/c1-6(14)15-10(5-11)7-2-3-8(12)9(13)4-7/h2-4,10H,5H2,1H3. The fraction of sp³-hybridized carbons (Fsp3) is 0.300. The lowest BCUT2D eigenvalue weighted by molar-refractivity contribution is -0.145. The maximum atomic E-state index is 12.9. The fourth-order valence-electron chi connectivity index (χ4n) is 1.10. The average Bonchev–Trinajstić information content (AvgIpc) is 2.18. The van der Waals surface area contributed by atoms with Gasteiger partial charge in [0.25, 0.3) is 0 Å². The summed E-state index contributed by atoms with van der Waals surface area (Å²) in [5, 5.41) is 0. The van der Waals surface area contributed by atoms with Crippen molar-refractivity contribution >= 4 is 17.6 Å². The maximum absolute atomic E-state index is 12.9. The van der Waals surface area contributed by atoms with Crippen LogP contribution >= 0.6 is 11.6 Å². The molecule has 82 valence electrons. The average molecular weight is 235 g/mol. The van der Waals surface area contributed by atoms with E-state index in [1.54, 1.807) is 0 Å². The Kier molecular flexibility index (Phi) is 4.03. The Bertz CT molecular complexity index is 368. The predicted molar refractivity (Wildman–Crippen MR) is 51.6 cm³/mol. The molecule has 0 aliphatic heterocycles. The molecule has 0 aromatic heterocycles. The van der Waals surface area contributed by atoms with Crippen LogP contribution in [-0.2, 0) is 9.53 Å². The van der Waals surface area contributed by atoms with Crippen LogP contribution in [0.5, 0.6) is 0 Å². The second kappa shape index (κ2) is 5.07. The molecule has 1 aromatic rings. The second-order valence-electron chi connectivity index (χ2n) is 2.93. The Morgan fingerprint density at radius 2 is 2.13 bits per heavy atom. The van der Waals surface area contributed by atoms with Crippen molar-refractivity contribution in [2.75, 3.05) is 5.88 Å². The molecule has 1 atom stereocenters. The van der Waals surface area contributed by atoms with Gasteiger partial charge in [0.2, 0.25) is 0 Å². The molecule has 0 bridgehead atoms. The van der Waals surface area contributed by atoms with Gasteiger partial charge in [-0.25, -0.2) is 8.78 Å². The summed E-state index contributed by atoms with van der Waals surface area (Å²) in [7, 11) is 0. The molecule has 0 aliphatic rings. The number of carbonyl (C=O) groups is 1. The lowest BCUT2D eigenvalue weighted by Gasteiger charge is -2.14. The van der Waals surface area contributed by atoms with E-state index in [9.17, 15) is 13.6 Å². The number of ether oxygens (including phenoxy) is 1. The van der Waals surface area contributed by atoms with Gasteiger partial charge in [-0.2, -0.15) is 0 Å². The SMILES string of the molecule is CC(=O)OC(CCl)c1ccc(F)c(F)c1. The van der Waals surface area contributed by atoms with E-state index in [0.29, 0.717) is 5.56 Å². The molecule has 0 amide bonds. The third-order valence-electron chi connectivity index (χ3n) is 1.76. The normalized spacial score (nSPS) is 12.3. The highest BCUT2D eigenvalue weighted by molar-refractivity contribution is 6.18. The molecule has 0 heterocycles. The summed E-state index contributed by atoms with van der Waals surface area (Å²) in [6.07, 6.45) is -0.751. The van der Waals surface area contributed by atoms with E-state index in [4.69, 9.17) is 16.3 Å². The highest BCUT2D eigenvalue weighted by atomic mass is 35.5. The van der Waals surface area contributed by atoms with Gasteiger partial charge in [0, 0.05) is 6.92 Å². The van der Waals surface area contributed by atoms with Crippen LogP contribution in [0.1, 0.15) is 18.6 Å². The number of carbonyl (C=O) groups excluding carboxylic acids is 1. The molecule has 2 nitrogen and oxygen atoms in total. The molecule has 0 aliphatic carbocycles. The molecule has 1 unspecified atom stereocenters. The van der Waals surface area contributed by atoms with E-state index < -0.39 is 23.7 Å². The molecular formula is C10H9ClF2O2. The van der Waals surface area contributed by atoms with Crippen LogP contribution in [0.4, 0.5) is 8.78 Å². The number of halogens is 3. The van der Waals surface area contributed by atoms with Crippen LogP contribution in [0.15, 0.2) is 18.2 Å². The topological polar surface area (TPSA) is 26.3 Å². The number of hydrogen-bond donors (Lipinski definition) is 0. The van der Waals surface area contributed by atoms with Crippen molar-refractivity contribution in [3.63, 3.8) is 0 Å². The van der Waals surface area contributed by atoms with Crippen molar-refractivity contribution in [2.45, 2.75) is 13.0 Å². The molecule has 15 heavy (non-hydrogen) atoms. The minimum absolute atomic E-state index is 0.00927. The van der Waals surface area contributed by atoms with Gasteiger partial charge in [-0.3, -0.25) is 4.79 Å². The smallest absolute Gasteiger partial charge is 0.303 e. The summed E-state index contributed by atoms with van der Waals surface area (Å²) in [5.74, 6) is -2.47. The lowest BCUT2D eigenvalue weighted by atomic mass is 10.1. The van der Waals surface area contributed by atoms with Crippen molar-refractivity contribution in [1.29, 1.82) is 0 Å². The van der Waals surface area contributed by atoms with E-state index in [-0.39, 0.29) is 5.88 Å². The monoisotopic (exact) mass is 234 g/mol. The first-order valence-electron chi connectivity index (χ1n) is 4.22. The van der Waals surface area contributed by atoms with Gasteiger partial charge in [-0.1, -0.05) is 6.07 Å². The number of benzene rings is 1. The molecule has 0 saturated carbocycles. The van der Waals surface area contributed by atoms with Crippen LogP contribution in [0.25, 0.3) is 0 Å². The van der Waals surface area contributed by atoms with Gasteiger partial charge in [-0.05, 0) is 17.7 Å². The summed E-state index contributed by atoms with van der Waals surface area (Å²) in [5.41, 5.74) is 0.333. The van der Waals surface area contributed by atoms with Crippen molar-refractivity contribution in [2.24, 2.45) is 0 Å². The van der Waals surface area contributed by atoms with Crippen LogP contribution in [0, 0.1) is 11.6 Å². The molecule has 1 aromatic carbocycles. The first-order chi connectivity index (χ1) is 7.04. The van der Waals surface area contributed by atoms with Crippen LogP contribution in [-0.4, -0.2) is 11.8 Å². The number of esters is 1. The van der Waals surface area contributed by atoms with E-state index in [0.717, 1.165) is 12.1 Å². The third kappa shape index (κ3) is 3.16. The van der Waals surface area contributed by atoms with Crippen molar-refractivity contribution in [3.8, 4) is 0 Å². The molecule has 0 spiro atoms. The Morgan fingerprint density at radius 1 is 1.47 bits per heavy atom. The Labute approximate surface area is 90.8 Å². The maximum Gasteiger partial charge on any atom is 0.303 e. The minimum Gasteiger partial charge on any atom is -0.456 e. The minimum atomic E-state index is -0.991. The first-order valence-corrected chi connectivity index (χ1v) is 4.76. The van der Waals surface area contributed by atoms with Crippen molar-refractivity contribution in [1.82, 2.24) is 0 Å². The third-order valence-corrected chi connectivity index (χ3v) is 2.04. The predicted octanol–water partition coefficient (Wildman–Crippen LogP) is 2.81. The molecular weight excluding hydrogens is 226 g/mol. The van der Waals surface area contributed by atoms with E-state index in [1.807, 2.05) is 0 Å². The Hall–Kier alpha value is -1.16. The van der Waals surface area contributed by atoms with Gasteiger partial charge >= 0.3 is 5.97 Å². The quantitative estimate of drug-likeness (QED) is 0.594. The van der Waals surface area contributed by atoms with Gasteiger partial charge in [0.1, 0.15) is 6.10 Å². The highest BCUT2D eigenvalue weighted by Crippen LogP contribution is 2.21. The van der Waals surface area contributed by atoms with Gasteiger partial charge in [0.05, 0.1) is 5.88 Å². The summed E-state index contributed by atoms with van der Waals surface area (Å²) < 4.78 is 30.3. The second-order valence-corrected chi connectivity index (χ2v) is 3.23. The first kappa shape index (κ1) is 11.9. The molecule has 1 rings (SSSR count). The largest absolute Gasteiger partial charge is 0.456 e. The van der Waals surface area contributed by atoms with Gasteiger partial charge in [0.15, 0.2) is 11.6 Å². The number of rotatable bonds is 3. The number of hydrogen-bond acceptors (Lipinski definition) is 2.